The first-order valence-electron chi connectivity index (χ1n) is 33.4. The fraction of sp³-hybridized carbons (Fsp3) is 0.955. The van der Waals surface area contributed by atoms with Gasteiger partial charge in [0.25, 0.3) is 0 Å². The monoisotopic (exact) mass is 1000 g/mol. The number of hydrogen-bond donors (Lipinski definition) is 3. The molecule has 0 spiro atoms. The Morgan fingerprint density at radius 2 is 0.535 bits per heavy atom. The summed E-state index contributed by atoms with van der Waals surface area (Å²) in [6.07, 6.45) is 84.0. The van der Waals surface area contributed by atoms with Crippen LogP contribution in [0.5, 0.6) is 0 Å². The van der Waals surface area contributed by atoms with E-state index in [1.165, 1.54) is 340 Å². The van der Waals surface area contributed by atoms with Gasteiger partial charge in [-0.3, -0.25) is 4.79 Å². The van der Waals surface area contributed by atoms with E-state index in [9.17, 15) is 15.0 Å². The van der Waals surface area contributed by atoms with Crippen molar-refractivity contribution >= 4 is 5.91 Å². The molecule has 3 N–H and O–H groups in total. The lowest BCUT2D eigenvalue weighted by Gasteiger charge is -2.22. The number of carbonyl (C=O) groups is 1. The zero-order chi connectivity index (χ0) is 51.3. The third-order valence-electron chi connectivity index (χ3n) is 16.0. The predicted molar refractivity (Wildman–Crippen MR) is 318 cm³/mol. The van der Waals surface area contributed by atoms with Gasteiger partial charge in [-0.05, 0) is 38.5 Å². The van der Waals surface area contributed by atoms with Crippen molar-refractivity contribution in [3.05, 3.63) is 12.2 Å². The molecule has 1 amide bonds. The van der Waals surface area contributed by atoms with Gasteiger partial charge in [-0.25, -0.2) is 0 Å². The summed E-state index contributed by atoms with van der Waals surface area (Å²) in [4.78, 5) is 12.5. The van der Waals surface area contributed by atoms with Gasteiger partial charge >= 0.3 is 0 Å². The summed E-state index contributed by atoms with van der Waals surface area (Å²) in [7, 11) is 0. The van der Waals surface area contributed by atoms with E-state index in [0.29, 0.717) is 12.8 Å². The summed E-state index contributed by atoms with van der Waals surface area (Å²) in [6.45, 7) is 4.41. The SMILES string of the molecule is CCCCCCCCCC/C=C\CCCCCCCCCCCCCCCCCCCCCCCCCCCCCC(=O)NC(CO)C(O)CCCCCCCCCCCCCCCCCCCCCC. The van der Waals surface area contributed by atoms with Crippen LogP contribution in [-0.2, 0) is 4.79 Å². The highest BCUT2D eigenvalue weighted by Crippen LogP contribution is 2.19. The average molecular weight is 1000 g/mol. The van der Waals surface area contributed by atoms with Crippen molar-refractivity contribution in [2.24, 2.45) is 0 Å². The Bertz CT molecular complexity index is 998. The molecule has 0 saturated carbocycles. The van der Waals surface area contributed by atoms with E-state index in [1.807, 2.05) is 0 Å². The smallest absolute Gasteiger partial charge is 0.220 e. The molecule has 0 aromatic rings. The number of rotatable bonds is 63. The van der Waals surface area contributed by atoms with E-state index in [0.717, 1.165) is 25.7 Å². The summed E-state index contributed by atoms with van der Waals surface area (Å²) in [6, 6.07) is -0.533. The minimum atomic E-state index is -0.656. The number of unbranched alkanes of at least 4 members (excludes halogenated alkanes) is 54. The summed E-state index contributed by atoms with van der Waals surface area (Å²) < 4.78 is 0. The van der Waals surface area contributed by atoms with Gasteiger partial charge in [0.1, 0.15) is 0 Å². The van der Waals surface area contributed by atoms with Gasteiger partial charge in [0.15, 0.2) is 0 Å². The number of aliphatic hydroxyl groups is 2. The molecule has 0 heterocycles. The number of allylic oxidation sites excluding steroid dienone is 2. The number of carbonyl (C=O) groups excluding carboxylic acids is 1. The highest BCUT2D eigenvalue weighted by molar-refractivity contribution is 5.76. The average Bonchev–Trinajstić information content (AvgIpc) is 3.37. The van der Waals surface area contributed by atoms with Gasteiger partial charge in [-0.2, -0.15) is 0 Å². The second-order valence-corrected chi connectivity index (χ2v) is 23.2. The molecular formula is C67H133NO3. The van der Waals surface area contributed by atoms with E-state index in [1.54, 1.807) is 0 Å². The van der Waals surface area contributed by atoms with Crippen LogP contribution in [0.2, 0.25) is 0 Å². The lowest BCUT2D eigenvalue weighted by molar-refractivity contribution is -0.123. The quantitative estimate of drug-likeness (QED) is 0.0420. The van der Waals surface area contributed by atoms with Gasteiger partial charge in [0.05, 0.1) is 18.8 Å². The summed E-state index contributed by atoms with van der Waals surface area (Å²) in [5, 5.41) is 23.4. The molecular weight excluding hydrogens is 867 g/mol. The highest BCUT2D eigenvalue weighted by atomic mass is 16.3. The van der Waals surface area contributed by atoms with Crippen LogP contribution < -0.4 is 5.32 Å². The van der Waals surface area contributed by atoms with Crippen molar-refractivity contribution in [2.75, 3.05) is 6.61 Å². The molecule has 0 radical (unpaired) electrons. The minimum absolute atomic E-state index is 0.0212. The molecule has 0 bridgehead atoms. The largest absolute Gasteiger partial charge is 0.394 e. The van der Waals surface area contributed by atoms with Crippen LogP contribution in [0.25, 0.3) is 0 Å². The molecule has 0 aliphatic rings. The maximum absolute atomic E-state index is 12.5. The molecule has 0 saturated heterocycles. The van der Waals surface area contributed by atoms with Crippen molar-refractivity contribution < 1.29 is 15.0 Å². The van der Waals surface area contributed by atoms with Crippen molar-refractivity contribution in [3.63, 3.8) is 0 Å². The van der Waals surface area contributed by atoms with Crippen LogP contribution in [0.3, 0.4) is 0 Å². The van der Waals surface area contributed by atoms with Gasteiger partial charge < -0.3 is 15.5 Å². The Balaban J connectivity index is 3.34. The van der Waals surface area contributed by atoms with Crippen molar-refractivity contribution in [1.29, 1.82) is 0 Å². The summed E-state index contributed by atoms with van der Waals surface area (Å²) in [5.41, 5.74) is 0. The molecule has 0 aliphatic heterocycles. The first-order chi connectivity index (χ1) is 35.2. The first-order valence-corrected chi connectivity index (χ1v) is 33.4. The van der Waals surface area contributed by atoms with Crippen LogP contribution in [0.15, 0.2) is 12.2 Å². The molecule has 4 heteroatoms. The molecule has 71 heavy (non-hydrogen) atoms. The third kappa shape index (κ3) is 59.9. The van der Waals surface area contributed by atoms with E-state index >= 15 is 0 Å². The second-order valence-electron chi connectivity index (χ2n) is 23.2. The Kier molecular flexibility index (Phi) is 62.6. The van der Waals surface area contributed by atoms with Crippen LogP contribution in [0, 0.1) is 0 Å². The Morgan fingerprint density at radius 1 is 0.324 bits per heavy atom. The van der Waals surface area contributed by atoms with Crippen molar-refractivity contribution in [2.45, 2.75) is 405 Å². The van der Waals surface area contributed by atoms with Crippen LogP contribution in [0.1, 0.15) is 393 Å². The van der Waals surface area contributed by atoms with Gasteiger partial charge in [-0.15, -0.1) is 0 Å². The number of amides is 1. The lowest BCUT2D eigenvalue weighted by Crippen LogP contribution is -2.45. The first kappa shape index (κ1) is 70.1. The Labute approximate surface area is 447 Å². The molecule has 4 nitrogen and oxygen atoms in total. The zero-order valence-electron chi connectivity index (χ0n) is 49.0. The molecule has 0 rings (SSSR count). The Hall–Kier alpha value is -0.870. The fourth-order valence-corrected chi connectivity index (χ4v) is 11.0. The fourth-order valence-electron chi connectivity index (χ4n) is 11.0. The number of aliphatic hydroxyl groups excluding tert-OH is 2. The van der Waals surface area contributed by atoms with Crippen molar-refractivity contribution in [1.82, 2.24) is 5.32 Å². The van der Waals surface area contributed by atoms with Gasteiger partial charge in [-0.1, -0.05) is 360 Å². The maximum atomic E-state index is 12.5. The van der Waals surface area contributed by atoms with Crippen LogP contribution in [0.4, 0.5) is 0 Å². The third-order valence-corrected chi connectivity index (χ3v) is 16.0. The minimum Gasteiger partial charge on any atom is -0.394 e. The standard InChI is InChI=1S/C67H133NO3/c1-3-5-7-9-11-13-15-17-19-21-23-25-26-27-28-29-30-31-32-33-34-35-36-37-38-39-40-41-42-43-45-47-49-51-53-55-57-59-61-63-67(71)68-65(64-69)66(70)62-60-58-56-54-52-50-48-46-44-24-22-20-18-16-14-12-10-8-6-4-2/h21,23,65-66,69-70H,3-20,22,24-64H2,1-2H3,(H,68,71)/b23-21-. The zero-order valence-corrected chi connectivity index (χ0v) is 49.0. The topological polar surface area (TPSA) is 69.6 Å². The molecule has 2 unspecified atom stereocenters. The normalized spacial score (nSPS) is 12.7. The van der Waals surface area contributed by atoms with E-state index in [4.69, 9.17) is 0 Å². The van der Waals surface area contributed by atoms with Crippen LogP contribution >= 0.6 is 0 Å². The van der Waals surface area contributed by atoms with E-state index in [2.05, 4.69) is 31.3 Å². The van der Waals surface area contributed by atoms with Crippen LogP contribution in [-0.4, -0.2) is 34.9 Å². The lowest BCUT2D eigenvalue weighted by atomic mass is 10.0. The Morgan fingerprint density at radius 3 is 0.775 bits per heavy atom. The van der Waals surface area contributed by atoms with E-state index in [-0.39, 0.29) is 12.5 Å². The maximum Gasteiger partial charge on any atom is 0.220 e. The summed E-state index contributed by atoms with van der Waals surface area (Å²) in [5.74, 6) is -0.0212. The van der Waals surface area contributed by atoms with Gasteiger partial charge in [0.2, 0.25) is 5.91 Å². The van der Waals surface area contributed by atoms with Crippen molar-refractivity contribution in [3.8, 4) is 0 Å². The number of nitrogens with one attached hydrogen (secondary N) is 1. The molecule has 0 fully saturated rings. The predicted octanol–water partition coefficient (Wildman–Crippen LogP) is 22.4. The van der Waals surface area contributed by atoms with E-state index < -0.39 is 12.1 Å². The molecule has 424 valence electrons. The summed E-state index contributed by atoms with van der Waals surface area (Å²) >= 11 is 0. The molecule has 0 aliphatic carbocycles. The molecule has 0 aromatic carbocycles. The molecule has 0 aromatic heterocycles. The molecule has 2 atom stereocenters. The highest BCUT2D eigenvalue weighted by Gasteiger charge is 2.20. The van der Waals surface area contributed by atoms with Gasteiger partial charge in [0, 0.05) is 6.42 Å². The number of hydrogen-bond acceptors (Lipinski definition) is 3. The second kappa shape index (κ2) is 63.4.